The van der Waals surface area contributed by atoms with Crippen molar-refractivity contribution in [2.24, 2.45) is 0 Å². The second-order valence-electron chi connectivity index (χ2n) is 12.9. The Bertz CT molecular complexity index is 2330. The van der Waals surface area contributed by atoms with Crippen molar-refractivity contribution in [2.45, 2.75) is 38.3 Å². The van der Waals surface area contributed by atoms with Gasteiger partial charge in [0.05, 0.1) is 15.6 Å². The molecule has 4 heterocycles. The Kier molecular flexibility index (Phi) is 12.7. The lowest BCUT2D eigenvalue weighted by Crippen LogP contribution is -2.47. The number of carbonyl (C=O) groups is 4. The van der Waals surface area contributed by atoms with E-state index >= 15 is 0 Å². The number of pyridine rings is 2. The molecule has 0 unspecified atom stereocenters. The average molecular weight is 900 g/mol. The highest BCUT2D eigenvalue weighted by molar-refractivity contribution is 9.10. The average Bonchev–Trinajstić information content (AvgIpc) is 3.76. The van der Waals surface area contributed by atoms with E-state index < -0.39 is 71.2 Å². The number of rotatable bonds is 7. The SMILES string of the molecule is C=Cc1cc(N(C)C(=O)[C@@H]2COC(=O)N2c2cc(C(F)(F)F)cc(C)n2)ccc1F.Cc1cc(C(F)(F)F)cc(N2C(=O)OC[C@H]2C(=O)N(C)c2ccc(F)c(Br)c2)n1. The standard InChI is InChI=1S/C20H17F4N3O3.C18H14BrF4N3O3/c1-4-12-8-14(5-6-15(12)21)26(3)18(28)16-10-30-19(29)27(16)17-9-13(20(22,23)24)7-11(2)25-17;1-9-5-10(18(21,22)23)6-15(24-9)26-14(8-29-17(26)28)16(27)25(2)11-3-4-13(20)12(19)7-11/h4-9,16H,1,10H2,2-3H3;3-7,14H,8H2,1-2H3/t16-;14-/m00/s1. The number of likely N-dealkylation sites (N-methyl/N-ethyl adjacent to an activating group) is 2. The van der Waals surface area contributed by atoms with E-state index in [4.69, 9.17) is 9.47 Å². The van der Waals surface area contributed by atoms with Crippen molar-refractivity contribution in [3.05, 3.63) is 111 Å². The van der Waals surface area contributed by atoms with Gasteiger partial charge in [0.2, 0.25) is 0 Å². The summed E-state index contributed by atoms with van der Waals surface area (Å²) < 4.78 is 116. The smallest absolute Gasteiger partial charge is 0.416 e. The van der Waals surface area contributed by atoms with Gasteiger partial charge in [-0.15, -0.1) is 0 Å². The number of anilines is 4. The summed E-state index contributed by atoms with van der Waals surface area (Å²) in [5.41, 5.74) is -1.16. The first-order chi connectivity index (χ1) is 27.5. The number of aryl methyl sites for hydroxylation is 2. The third kappa shape index (κ3) is 9.61. The van der Waals surface area contributed by atoms with Gasteiger partial charge in [-0.25, -0.2) is 38.1 Å². The Morgan fingerprint density at radius 3 is 1.53 bits per heavy atom. The molecule has 2 aliphatic heterocycles. The molecule has 0 spiro atoms. The van der Waals surface area contributed by atoms with E-state index in [1.165, 1.54) is 58.3 Å². The van der Waals surface area contributed by atoms with Gasteiger partial charge in [0, 0.05) is 42.4 Å². The van der Waals surface area contributed by atoms with Crippen LogP contribution in [0.25, 0.3) is 6.08 Å². The number of hydrogen-bond acceptors (Lipinski definition) is 8. The monoisotopic (exact) mass is 898 g/mol. The molecule has 59 heavy (non-hydrogen) atoms. The summed E-state index contributed by atoms with van der Waals surface area (Å²) in [6.07, 6.45) is -10.00. The van der Waals surface area contributed by atoms with Gasteiger partial charge < -0.3 is 19.3 Å². The van der Waals surface area contributed by atoms with Gasteiger partial charge in [0.25, 0.3) is 11.8 Å². The van der Waals surface area contributed by atoms with Crippen molar-refractivity contribution in [1.29, 1.82) is 0 Å². The first-order valence-corrected chi connectivity index (χ1v) is 17.8. The number of nitrogens with zero attached hydrogens (tertiary/aromatic N) is 6. The van der Waals surface area contributed by atoms with Gasteiger partial charge >= 0.3 is 24.5 Å². The van der Waals surface area contributed by atoms with Gasteiger partial charge in [-0.2, -0.15) is 26.3 Å². The first kappa shape index (κ1) is 44.0. The third-order valence-electron chi connectivity index (χ3n) is 8.88. The molecule has 21 heteroatoms. The molecule has 312 valence electrons. The molecular formula is C38H31BrF8N6O6. The van der Waals surface area contributed by atoms with Crippen LogP contribution in [0, 0.1) is 25.5 Å². The molecule has 12 nitrogen and oxygen atoms in total. The summed E-state index contributed by atoms with van der Waals surface area (Å²) >= 11 is 3.02. The number of alkyl halides is 6. The van der Waals surface area contributed by atoms with Crippen LogP contribution in [0.4, 0.5) is 67.7 Å². The predicted octanol–water partition coefficient (Wildman–Crippen LogP) is 8.48. The summed E-state index contributed by atoms with van der Waals surface area (Å²) in [5.74, 6) is -3.02. The van der Waals surface area contributed by atoms with Crippen LogP contribution in [0.1, 0.15) is 28.1 Å². The fourth-order valence-corrected chi connectivity index (χ4v) is 6.25. The van der Waals surface area contributed by atoms with Gasteiger partial charge in [0.15, 0.2) is 12.1 Å². The zero-order valence-electron chi connectivity index (χ0n) is 31.2. The minimum atomic E-state index is -4.66. The van der Waals surface area contributed by atoms with E-state index in [1.807, 2.05) is 0 Å². The van der Waals surface area contributed by atoms with Crippen molar-refractivity contribution < 1.29 is 63.8 Å². The topological polar surface area (TPSA) is 125 Å². The number of carbonyl (C=O) groups excluding carboxylic acids is 4. The van der Waals surface area contributed by atoms with Crippen LogP contribution in [-0.4, -0.2) is 73.4 Å². The molecule has 0 saturated carbocycles. The number of cyclic esters (lactones) is 2. The fraction of sp³-hybridized carbons (Fsp3) is 0.263. The molecule has 0 aliphatic carbocycles. The molecule has 2 fully saturated rings. The van der Waals surface area contributed by atoms with Crippen LogP contribution >= 0.6 is 15.9 Å². The van der Waals surface area contributed by atoms with Crippen LogP contribution in [0.3, 0.4) is 0 Å². The molecule has 4 amide bonds. The molecule has 6 rings (SSSR count). The lowest BCUT2D eigenvalue weighted by atomic mass is 10.1. The van der Waals surface area contributed by atoms with Crippen LogP contribution < -0.4 is 19.6 Å². The maximum absolute atomic E-state index is 13.7. The Labute approximate surface area is 338 Å². The maximum atomic E-state index is 13.7. The summed E-state index contributed by atoms with van der Waals surface area (Å²) in [6.45, 7) is 5.46. The van der Waals surface area contributed by atoms with Crippen molar-refractivity contribution in [3.63, 3.8) is 0 Å². The number of aromatic nitrogens is 2. The van der Waals surface area contributed by atoms with E-state index in [2.05, 4.69) is 32.5 Å². The fourth-order valence-electron chi connectivity index (χ4n) is 5.88. The molecule has 2 aromatic carbocycles. The quantitative estimate of drug-likeness (QED) is 0.169. The Morgan fingerprint density at radius 1 is 0.729 bits per heavy atom. The largest absolute Gasteiger partial charge is 0.446 e. The highest BCUT2D eigenvalue weighted by Crippen LogP contribution is 2.35. The summed E-state index contributed by atoms with van der Waals surface area (Å²) in [4.78, 5) is 62.2. The number of amides is 4. The number of ether oxygens (including phenoxy) is 2. The lowest BCUT2D eigenvalue weighted by Gasteiger charge is -2.26. The van der Waals surface area contributed by atoms with Crippen molar-refractivity contribution in [3.8, 4) is 0 Å². The first-order valence-electron chi connectivity index (χ1n) is 17.0. The molecule has 0 N–H and O–H groups in total. The third-order valence-corrected chi connectivity index (χ3v) is 9.49. The van der Waals surface area contributed by atoms with Gasteiger partial charge in [-0.1, -0.05) is 12.7 Å². The van der Waals surface area contributed by atoms with E-state index in [0.717, 1.165) is 43.9 Å². The molecule has 2 aromatic heterocycles. The van der Waals surface area contributed by atoms with Crippen molar-refractivity contribution in [2.75, 3.05) is 46.9 Å². The van der Waals surface area contributed by atoms with Gasteiger partial charge in [-0.3, -0.25) is 9.59 Å². The molecule has 0 radical (unpaired) electrons. The highest BCUT2D eigenvalue weighted by Gasteiger charge is 2.44. The lowest BCUT2D eigenvalue weighted by molar-refractivity contribution is -0.138. The zero-order valence-corrected chi connectivity index (χ0v) is 32.7. The minimum absolute atomic E-state index is 0.0215. The van der Waals surface area contributed by atoms with Crippen LogP contribution in [0.2, 0.25) is 0 Å². The van der Waals surface area contributed by atoms with Crippen molar-refractivity contribution in [1.82, 2.24) is 9.97 Å². The summed E-state index contributed by atoms with van der Waals surface area (Å²) in [5, 5.41) is 0. The summed E-state index contributed by atoms with van der Waals surface area (Å²) in [7, 11) is 2.79. The second-order valence-corrected chi connectivity index (χ2v) is 13.8. The molecule has 0 bridgehead atoms. The van der Waals surface area contributed by atoms with E-state index in [1.54, 1.807) is 0 Å². The zero-order chi connectivity index (χ0) is 43.7. The normalized spacial score (nSPS) is 16.6. The van der Waals surface area contributed by atoms with Gasteiger partial charge in [-0.05, 0) is 90.4 Å². The highest BCUT2D eigenvalue weighted by atomic mass is 79.9. The molecule has 2 aliphatic rings. The number of hydrogen-bond donors (Lipinski definition) is 0. The maximum Gasteiger partial charge on any atom is 0.416 e. The van der Waals surface area contributed by atoms with Crippen LogP contribution in [0.5, 0.6) is 0 Å². The Balaban J connectivity index is 0.000000224. The van der Waals surface area contributed by atoms with Gasteiger partial charge in [0.1, 0.15) is 36.5 Å². The number of halogens is 9. The van der Waals surface area contributed by atoms with E-state index in [0.29, 0.717) is 23.5 Å². The Morgan fingerprint density at radius 2 is 1.14 bits per heavy atom. The second kappa shape index (κ2) is 17.0. The molecule has 2 atom stereocenters. The summed E-state index contributed by atoms with van der Waals surface area (Å²) in [6, 6.07) is 8.34. The van der Waals surface area contributed by atoms with E-state index in [9.17, 15) is 54.3 Å². The minimum Gasteiger partial charge on any atom is -0.446 e. The van der Waals surface area contributed by atoms with E-state index in [-0.39, 0.29) is 46.3 Å². The Hall–Kier alpha value is -6.12. The predicted molar refractivity (Wildman–Crippen MR) is 201 cm³/mol. The number of benzene rings is 2. The molecule has 2 saturated heterocycles. The molecule has 4 aromatic rings. The van der Waals surface area contributed by atoms with Crippen molar-refractivity contribution >= 4 is 69.0 Å². The molecular weight excluding hydrogens is 868 g/mol. The van der Waals surface area contributed by atoms with Crippen LogP contribution in [0.15, 0.2) is 71.7 Å². The van der Waals surface area contributed by atoms with Crippen LogP contribution in [-0.2, 0) is 31.4 Å².